The molecule has 0 aliphatic heterocycles. The minimum Gasteiger partial charge on any atom is -0.492 e. The minimum atomic E-state index is 0.139. The Morgan fingerprint density at radius 1 is 1.46 bits per heavy atom. The van der Waals surface area contributed by atoms with E-state index in [0.717, 1.165) is 12.2 Å². The van der Waals surface area contributed by atoms with Crippen LogP contribution in [0.2, 0.25) is 0 Å². The summed E-state index contributed by atoms with van der Waals surface area (Å²) in [6, 6.07) is 8.15. The minimum absolute atomic E-state index is 0.139. The Labute approximate surface area is 79.7 Å². The third-order valence-corrected chi connectivity index (χ3v) is 1.98. The molecule has 1 rings (SSSR count). The van der Waals surface area contributed by atoms with Gasteiger partial charge < -0.3 is 10.5 Å². The molecule has 0 spiro atoms. The Kier molecular flexibility index (Phi) is 3.77. The van der Waals surface area contributed by atoms with Crippen molar-refractivity contribution >= 4 is 0 Å². The standard InChI is InChI=1S/C11H17NO/c1-3-10(12)8-13-11-6-4-5-9(2)7-11/h4-7,10H,3,8,12H2,1-2H3. The monoisotopic (exact) mass is 179 g/mol. The summed E-state index contributed by atoms with van der Waals surface area (Å²) in [4.78, 5) is 0. The van der Waals surface area contributed by atoms with Crippen LogP contribution in [0.3, 0.4) is 0 Å². The zero-order valence-electron chi connectivity index (χ0n) is 8.29. The third kappa shape index (κ3) is 3.47. The lowest BCUT2D eigenvalue weighted by molar-refractivity contribution is 0.285. The van der Waals surface area contributed by atoms with Crippen molar-refractivity contribution in [2.24, 2.45) is 5.73 Å². The fraction of sp³-hybridized carbons (Fsp3) is 0.455. The van der Waals surface area contributed by atoms with Crippen molar-refractivity contribution in [3.8, 4) is 5.75 Å². The van der Waals surface area contributed by atoms with E-state index in [2.05, 4.69) is 6.92 Å². The van der Waals surface area contributed by atoms with E-state index in [9.17, 15) is 0 Å². The first-order valence-corrected chi connectivity index (χ1v) is 4.67. The second kappa shape index (κ2) is 4.87. The topological polar surface area (TPSA) is 35.2 Å². The molecular weight excluding hydrogens is 162 g/mol. The molecule has 0 fully saturated rings. The van der Waals surface area contributed by atoms with Gasteiger partial charge in [0.25, 0.3) is 0 Å². The van der Waals surface area contributed by atoms with Gasteiger partial charge in [0.15, 0.2) is 0 Å². The summed E-state index contributed by atoms with van der Waals surface area (Å²) < 4.78 is 5.51. The molecule has 0 amide bonds. The van der Waals surface area contributed by atoms with Crippen LogP contribution in [0.5, 0.6) is 5.75 Å². The highest BCUT2D eigenvalue weighted by Gasteiger charge is 1.99. The highest BCUT2D eigenvalue weighted by atomic mass is 16.5. The molecule has 0 bridgehead atoms. The average molecular weight is 179 g/mol. The quantitative estimate of drug-likeness (QED) is 0.768. The number of ether oxygens (including phenoxy) is 1. The molecule has 0 aliphatic carbocycles. The van der Waals surface area contributed by atoms with E-state index in [1.807, 2.05) is 31.2 Å². The van der Waals surface area contributed by atoms with Gasteiger partial charge in [0.05, 0.1) is 0 Å². The highest BCUT2D eigenvalue weighted by Crippen LogP contribution is 2.12. The van der Waals surface area contributed by atoms with Crippen LogP contribution in [0.4, 0.5) is 0 Å². The molecule has 1 unspecified atom stereocenters. The third-order valence-electron chi connectivity index (χ3n) is 1.98. The van der Waals surface area contributed by atoms with Gasteiger partial charge in [0.1, 0.15) is 12.4 Å². The van der Waals surface area contributed by atoms with Crippen molar-refractivity contribution in [1.82, 2.24) is 0 Å². The van der Waals surface area contributed by atoms with Gasteiger partial charge in [-0.15, -0.1) is 0 Å². The van der Waals surface area contributed by atoms with Crippen LogP contribution in [0.15, 0.2) is 24.3 Å². The van der Waals surface area contributed by atoms with Crippen LogP contribution < -0.4 is 10.5 Å². The number of benzene rings is 1. The number of aryl methyl sites for hydroxylation is 1. The maximum atomic E-state index is 5.73. The molecule has 0 aliphatic rings. The van der Waals surface area contributed by atoms with Gasteiger partial charge in [-0.1, -0.05) is 19.1 Å². The smallest absolute Gasteiger partial charge is 0.119 e. The Morgan fingerprint density at radius 3 is 2.85 bits per heavy atom. The Morgan fingerprint density at radius 2 is 2.23 bits per heavy atom. The van der Waals surface area contributed by atoms with E-state index in [0.29, 0.717) is 6.61 Å². The number of hydrogen-bond donors (Lipinski definition) is 1. The molecule has 1 atom stereocenters. The van der Waals surface area contributed by atoms with Crippen molar-refractivity contribution in [2.45, 2.75) is 26.3 Å². The highest BCUT2D eigenvalue weighted by molar-refractivity contribution is 5.27. The predicted octanol–water partition coefficient (Wildman–Crippen LogP) is 2.11. The van der Waals surface area contributed by atoms with Crippen LogP contribution >= 0.6 is 0 Å². The van der Waals surface area contributed by atoms with Crippen molar-refractivity contribution < 1.29 is 4.74 Å². The normalized spacial score (nSPS) is 12.5. The number of hydrogen-bond acceptors (Lipinski definition) is 2. The van der Waals surface area contributed by atoms with Crippen LogP contribution in [-0.2, 0) is 0 Å². The summed E-state index contributed by atoms with van der Waals surface area (Å²) in [5.74, 6) is 0.906. The van der Waals surface area contributed by atoms with E-state index in [1.54, 1.807) is 0 Å². The van der Waals surface area contributed by atoms with Gasteiger partial charge in [-0.3, -0.25) is 0 Å². The zero-order chi connectivity index (χ0) is 9.68. The fourth-order valence-corrected chi connectivity index (χ4v) is 1.03. The molecule has 0 heterocycles. The van der Waals surface area contributed by atoms with E-state index in [1.165, 1.54) is 5.56 Å². The van der Waals surface area contributed by atoms with E-state index in [4.69, 9.17) is 10.5 Å². The van der Waals surface area contributed by atoms with Gasteiger partial charge in [-0.05, 0) is 31.0 Å². The van der Waals surface area contributed by atoms with Crippen LogP contribution in [-0.4, -0.2) is 12.6 Å². The fourth-order valence-electron chi connectivity index (χ4n) is 1.03. The lowest BCUT2D eigenvalue weighted by Gasteiger charge is -2.11. The van der Waals surface area contributed by atoms with Gasteiger partial charge in [-0.2, -0.15) is 0 Å². The van der Waals surface area contributed by atoms with E-state index < -0.39 is 0 Å². The second-order valence-electron chi connectivity index (χ2n) is 3.30. The largest absolute Gasteiger partial charge is 0.492 e. The summed E-state index contributed by atoms with van der Waals surface area (Å²) in [7, 11) is 0. The zero-order valence-corrected chi connectivity index (χ0v) is 8.29. The van der Waals surface area contributed by atoms with Crippen LogP contribution in [0.1, 0.15) is 18.9 Å². The molecule has 2 nitrogen and oxygen atoms in total. The maximum Gasteiger partial charge on any atom is 0.119 e. The molecule has 72 valence electrons. The predicted molar refractivity (Wildman–Crippen MR) is 54.9 cm³/mol. The molecule has 0 radical (unpaired) electrons. The maximum absolute atomic E-state index is 5.73. The molecule has 0 saturated heterocycles. The first-order chi connectivity index (χ1) is 6.22. The molecular formula is C11H17NO. The molecule has 13 heavy (non-hydrogen) atoms. The van der Waals surface area contributed by atoms with E-state index in [-0.39, 0.29) is 6.04 Å². The summed E-state index contributed by atoms with van der Waals surface area (Å²) in [5.41, 5.74) is 6.94. The first kappa shape index (κ1) is 10.1. The average Bonchev–Trinajstić information content (AvgIpc) is 2.14. The lowest BCUT2D eigenvalue weighted by atomic mass is 10.2. The summed E-state index contributed by atoms with van der Waals surface area (Å²) >= 11 is 0. The molecule has 1 aromatic carbocycles. The molecule has 0 aromatic heterocycles. The molecule has 2 heteroatoms. The summed E-state index contributed by atoms with van der Waals surface area (Å²) in [6.45, 7) is 4.71. The lowest BCUT2D eigenvalue weighted by Crippen LogP contribution is -2.26. The van der Waals surface area contributed by atoms with Crippen LogP contribution in [0, 0.1) is 6.92 Å². The van der Waals surface area contributed by atoms with Crippen LogP contribution in [0.25, 0.3) is 0 Å². The number of nitrogens with two attached hydrogens (primary N) is 1. The first-order valence-electron chi connectivity index (χ1n) is 4.67. The van der Waals surface area contributed by atoms with Gasteiger partial charge in [0.2, 0.25) is 0 Å². The molecule has 1 aromatic rings. The Balaban J connectivity index is 2.45. The van der Waals surface area contributed by atoms with Gasteiger partial charge in [0, 0.05) is 6.04 Å². The van der Waals surface area contributed by atoms with Crippen molar-refractivity contribution in [3.63, 3.8) is 0 Å². The Hall–Kier alpha value is -1.02. The van der Waals surface area contributed by atoms with E-state index >= 15 is 0 Å². The Bertz CT molecular complexity index is 260. The van der Waals surface area contributed by atoms with Crippen molar-refractivity contribution in [2.75, 3.05) is 6.61 Å². The summed E-state index contributed by atoms with van der Waals surface area (Å²) in [6.07, 6.45) is 0.950. The SMILES string of the molecule is CCC(N)COc1cccc(C)c1. The number of rotatable bonds is 4. The molecule has 2 N–H and O–H groups in total. The van der Waals surface area contributed by atoms with Gasteiger partial charge in [-0.25, -0.2) is 0 Å². The van der Waals surface area contributed by atoms with Gasteiger partial charge >= 0.3 is 0 Å². The van der Waals surface area contributed by atoms with Crippen molar-refractivity contribution in [3.05, 3.63) is 29.8 Å². The summed E-state index contributed by atoms with van der Waals surface area (Å²) in [5, 5.41) is 0. The van der Waals surface area contributed by atoms with Crippen molar-refractivity contribution in [1.29, 1.82) is 0 Å². The molecule has 0 saturated carbocycles. The second-order valence-corrected chi connectivity index (χ2v) is 3.30.